The molecule has 0 radical (unpaired) electrons. The number of benzene rings is 1. The van der Waals surface area contributed by atoms with E-state index in [9.17, 15) is 4.79 Å². The van der Waals surface area contributed by atoms with Gasteiger partial charge in [0.15, 0.2) is 0 Å². The van der Waals surface area contributed by atoms with Gasteiger partial charge in [0.2, 0.25) is 0 Å². The van der Waals surface area contributed by atoms with Crippen LogP contribution in [-0.4, -0.2) is 22.2 Å². The Hall–Kier alpha value is -2.30. The first-order valence-electron chi connectivity index (χ1n) is 7.32. The number of carbonyl (C=O) groups excluding carboxylic acids is 1. The molecular formula is C16H22N4O. The van der Waals surface area contributed by atoms with E-state index in [4.69, 9.17) is 0 Å². The molecule has 2 aromatic rings. The van der Waals surface area contributed by atoms with Crippen molar-refractivity contribution in [3.8, 4) is 0 Å². The fourth-order valence-corrected chi connectivity index (χ4v) is 2.10. The number of hydrogen-bond donors (Lipinski definition) is 2. The second-order valence-corrected chi connectivity index (χ2v) is 5.00. The average molecular weight is 286 g/mol. The van der Waals surface area contributed by atoms with Crippen LogP contribution in [0.4, 0.5) is 11.4 Å². The Morgan fingerprint density at radius 1 is 1.29 bits per heavy atom. The highest BCUT2D eigenvalue weighted by Gasteiger charge is 2.10. The summed E-state index contributed by atoms with van der Waals surface area (Å²) < 4.78 is 1.78. The van der Waals surface area contributed by atoms with E-state index in [1.807, 2.05) is 38.2 Å². The van der Waals surface area contributed by atoms with E-state index in [1.54, 1.807) is 10.9 Å². The molecule has 0 aliphatic carbocycles. The first-order valence-corrected chi connectivity index (χ1v) is 7.32. The minimum Gasteiger partial charge on any atom is -0.385 e. The highest BCUT2D eigenvalue weighted by Crippen LogP contribution is 2.17. The van der Waals surface area contributed by atoms with Gasteiger partial charge in [-0.05, 0) is 44.0 Å². The topological polar surface area (TPSA) is 59.0 Å². The maximum atomic E-state index is 12.3. The number of aromatic nitrogens is 2. The normalized spacial score (nSPS) is 10.4. The Morgan fingerprint density at radius 2 is 2.10 bits per heavy atom. The highest BCUT2D eigenvalue weighted by molar-refractivity contribution is 6.05. The van der Waals surface area contributed by atoms with Crippen molar-refractivity contribution < 1.29 is 4.79 Å². The minimum atomic E-state index is -0.106. The monoisotopic (exact) mass is 286 g/mol. The van der Waals surface area contributed by atoms with Gasteiger partial charge in [-0.3, -0.25) is 9.48 Å². The molecule has 0 spiro atoms. The summed E-state index contributed by atoms with van der Waals surface area (Å²) in [7, 11) is 0. The standard InChI is InChI=1S/C16H22N4O/c1-4-8-17-13-6-7-15(12(3)9-13)16(21)19-14-10-18-20(5-2)11-14/h6-7,9-11,17H,4-5,8H2,1-3H3,(H,19,21). The third-order valence-electron chi connectivity index (χ3n) is 3.27. The molecule has 0 unspecified atom stereocenters. The van der Waals surface area contributed by atoms with Crippen LogP contribution in [-0.2, 0) is 6.54 Å². The van der Waals surface area contributed by atoms with Gasteiger partial charge in [0.1, 0.15) is 0 Å². The van der Waals surface area contributed by atoms with Gasteiger partial charge < -0.3 is 10.6 Å². The zero-order chi connectivity index (χ0) is 15.2. The van der Waals surface area contributed by atoms with Crippen LogP contribution in [0.25, 0.3) is 0 Å². The lowest BCUT2D eigenvalue weighted by molar-refractivity contribution is 0.102. The molecular weight excluding hydrogens is 264 g/mol. The lowest BCUT2D eigenvalue weighted by Gasteiger charge is -2.10. The Labute approximate surface area is 125 Å². The molecule has 1 heterocycles. The second kappa shape index (κ2) is 6.92. The summed E-state index contributed by atoms with van der Waals surface area (Å²) in [5.74, 6) is -0.106. The summed E-state index contributed by atoms with van der Waals surface area (Å²) in [6.45, 7) is 7.79. The predicted molar refractivity (Wildman–Crippen MR) is 85.8 cm³/mol. The lowest BCUT2D eigenvalue weighted by Crippen LogP contribution is -2.13. The van der Waals surface area contributed by atoms with Crippen LogP contribution in [0, 0.1) is 6.92 Å². The quantitative estimate of drug-likeness (QED) is 0.856. The third-order valence-corrected chi connectivity index (χ3v) is 3.27. The molecule has 112 valence electrons. The van der Waals surface area contributed by atoms with Crippen molar-refractivity contribution in [3.63, 3.8) is 0 Å². The van der Waals surface area contributed by atoms with Gasteiger partial charge in [0.25, 0.3) is 5.91 Å². The molecule has 1 aromatic carbocycles. The number of aryl methyl sites for hydroxylation is 2. The SMILES string of the molecule is CCCNc1ccc(C(=O)Nc2cnn(CC)c2)c(C)c1. The van der Waals surface area contributed by atoms with Gasteiger partial charge in [-0.25, -0.2) is 0 Å². The van der Waals surface area contributed by atoms with Crippen molar-refractivity contribution in [2.24, 2.45) is 0 Å². The Morgan fingerprint density at radius 3 is 2.71 bits per heavy atom. The van der Waals surface area contributed by atoms with Gasteiger partial charge >= 0.3 is 0 Å². The maximum Gasteiger partial charge on any atom is 0.256 e. The molecule has 0 bridgehead atoms. The molecule has 0 atom stereocenters. The molecule has 2 rings (SSSR count). The molecule has 5 nitrogen and oxygen atoms in total. The molecule has 1 amide bonds. The summed E-state index contributed by atoms with van der Waals surface area (Å²) in [5, 5.41) is 10.3. The summed E-state index contributed by atoms with van der Waals surface area (Å²) in [4.78, 5) is 12.3. The smallest absolute Gasteiger partial charge is 0.256 e. The minimum absolute atomic E-state index is 0.106. The van der Waals surface area contributed by atoms with Crippen molar-refractivity contribution in [1.82, 2.24) is 9.78 Å². The van der Waals surface area contributed by atoms with Gasteiger partial charge in [0.05, 0.1) is 11.9 Å². The van der Waals surface area contributed by atoms with Crippen molar-refractivity contribution >= 4 is 17.3 Å². The van der Waals surface area contributed by atoms with E-state index in [0.29, 0.717) is 5.56 Å². The first kappa shape index (κ1) is 15.1. The molecule has 0 saturated heterocycles. The Balaban J connectivity index is 2.08. The average Bonchev–Trinajstić information content (AvgIpc) is 2.92. The van der Waals surface area contributed by atoms with Crippen LogP contribution in [0.15, 0.2) is 30.6 Å². The highest BCUT2D eigenvalue weighted by atomic mass is 16.1. The Kier molecular flexibility index (Phi) is 4.98. The molecule has 5 heteroatoms. The van der Waals surface area contributed by atoms with Crippen LogP contribution >= 0.6 is 0 Å². The fourth-order valence-electron chi connectivity index (χ4n) is 2.10. The number of nitrogens with one attached hydrogen (secondary N) is 2. The van der Waals surface area contributed by atoms with E-state index in [1.165, 1.54) is 0 Å². The zero-order valence-electron chi connectivity index (χ0n) is 12.8. The van der Waals surface area contributed by atoms with Gasteiger partial charge in [-0.15, -0.1) is 0 Å². The van der Waals surface area contributed by atoms with Crippen LogP contribution in [0.3, 0.4) is 0 Å². The van der Waals surface area contributed by atoms with Crippen molar-refractivity contribution in [3.05, 3.63) is 41.7 Å². The predicted octanol–water partition coefficient (Wildman–Crippen LogP) is 3.29. The van der Waals surface area contributed by atoms with Gasteiger partial charge in [0, 0.05) is 30.5 Å². The van der Waals surface area contributed by atoms with Crippen LogP contribution in [0.2, 0.25) is 0 Å². The maximum absolute atomic E-state index is 12.3. The lowest BCUT2D eigenvalue weighted by atomic mass is 10.1. The van der Waals surface area contributed by atoms with Crippen molar-refractivity contribution in [1.29, 1.82) is 0 Å². The summed E-state index contributed by atoms with van der Waals surface area (Å²) in [6, 6.07) is 5.79. The Bertz CT molecular complexity index is 618. The van der Waals surface area contributed by atoms with Crippen LogP contribution in [0.1, 0.15) is 36.2 Å². The van der Waals surface area contributed by atoms with E-state index in [0.717, 1.165) is 36.4 Å². The summed E-state index contributed by atoms with van der Waals surface area (Å²) in [5.41, 5.74) is 3.40. The summed E-state index contributed by atoms with van der Waals surface area (Å²) >= 11 is 0. The van der Waals surface area contributed by atoms with Crippen molar-refractivity contribution in [2.45, 2.75) is 33.7 Å². The summed E-state index contributed by atoms with van der Waals surface area (Å²) in [6.07, 6.45) is 4.56. The van der Waals surface area contributed by atoms with Crippen LogP contribution in [0.5, 0.6) is 0 Å². The fraction of sp³-hybridized carbons (Fsp3) is 0.375. The molecule has 0 aliphatic rings. The molecule has 2 N–H and O–H groups in total. The largest absolute Gasteiger partial charge is 0.385 e. The second-order valence-electron chi connectivity index (χ2n) is 5.00. The van der Waals surface area contributed by atoms with E-state index < -0.39 is 0 Å². The first-order chi connectivity index (χ1) is 10.1. The number of nitrogens with zero attached hydrogens (tertiary/aromatic N) is 2. The molecule has 0 fully saturated rings. The zero-order valence-corrected chi connectivity index (χ0v) is 12.8. The van der Waals surface area contributed by atoms with Gasteiger partial charge in [-0.2, -0.15) is 5.10 Å². The number of carbonyl (C=O) groups is 1. The van der Waals surface area contributed by atoms with Crippen molar-refractivity contribution in [2.75, 3.05) is 17.2 Å². The third kappa shape index (κ3) is 3.84. The molecule has 0 saturated carbocycles. The molecule has 0 aliphatic heterocycles. The van der Waals surface area contributed by atoms with Gasteiger partial charge in [-0.1, -0.05) is 6.92 Å². The van der Waals surface area contributed by atoms with E-state index >= 15 is 0 Å². The number of hydrogen-bond acceptors (Lipinski definition) is 3. The van der Waals surface area contributed by atoms with E-state index in [-0.39, 0.29) is 5.91 Å². The van der Waals surface area contributed by atoms with E-state index in [2.05, 4.69) is 22.7 Å². The number of anilines is 2. The number of rotatable bonds is 6. The van der Waals surface area contributed by atoms with Crippen LogP contribution < -0.4 is 10.6 Å². The molecule has 1 aromatic heterocycles. The molecule has 21 heavy (non-hydrogen) atoms. The number of amides is 1.